The first-order chi connectivity index (χ1) is 10.3. The quantitative estimate of drug-likeness (QED) is 0.706. The van der Waals surface area contributed by atoms with Gasteiger partial charge >= 0.3 is 6.03 Å². The molecule has 0 saturated carbocycles. The number of aryl methyl sites for hydroxylation is 1. The highest BCUT2D eigenvalue weighted by atomic mass is 32.2. The van der Waals surface area contributed by atoms with Crippen molar-refractivity contribution in [1.82, 2.24) is 14.9 Å². The molecule has 2 rings (SSSR count). The van der Waals surface area contributed by atoms with Crippen LogP contribution in [0.1, 0.15) is 5.56 Å². The number of urea groups is 1. The topological polar surface area (TPSA) is 105 Å². The Hall–Kier alpha value is -2.13. The summed E-state index contributed by atoms with van der Waals surface area (Å²) in [5.41, 5.74) is 0.773. The number of sulfonamides is 1. The van der Waals surface area contributed by atoms with Gasteiger partial charge in [-0.05, 0) is 24.6 Å². The molecule has 0 radical (unpaired) electrons. The number of rotatable bonds is 6. The van der Waals surface area contributed by atoms with Crippen LogP contribution in [0, 0.1) is 6.92 Å². The fourth-order valence-corrected chi connectivity index (χ4v) is 3.32. The minimum absolute atomic E-state index is 0.0206. The minimum atomic E-state index is -3.80. The van der Waals surface area contributed by atoms with Crippen molar-refractivity contribution in [3.05, 3.63) is 23.8 Å². The number of nitrogens with zero attached hydrogens (tertiary/aromatic N) is 1. The molecule has 1 fully saturated rings. The molecule has 3 amide bonds. The summed E-state index contributed by atoms with van der Waals surface area (Å²) in [6.45, 7) is 1.61. The number of carbonyl (C=O) groups excluding carboxylic acids is 2. The van der Waals surface area contributed by atoms with E-state index in [0.29, 0.717) is 0 Å². The van der Waals surface area contributed by atoms with Crippen LogP contribution in [0.3, 0.4) is 0 Å². The first-order valence-corrected chi connectivity index (χ1v) is 8.06. The Balaban J connectivity index is 2.07. The number of imide groups is 1. The van der Waals surface area contributed by atoms with Gasteiger partial charge in [0.2, 0.25) is 15.9 Å². The number of benzene rings is 1. The van der Waals surface area contributed by atoms with Gasteiger partial charge in [-0.15, -0.1) is 0 Å². The van der Waals surface area contributed by atoms with Crippen LogP contribution in [-0.4, -0.2) is 52.0 Å². The van der Waals surface area contributed by atoms with Crippen LogP contribution in [0.4, 0.5) is 4.79 Å². The van der Waals surface area contributed by atoms with E-state index >= 15 is 0 Å². The van der Waals surface area contributed by atoms with E-state index in [4.69, 9.17) is 4.74 Å². The van der Waals surface area contributed by atoms with Crippen LogP contribution in [0.5, 0.6) is 5.75 Å². The lowest BCUT2D eigenvalue weighted by atomic mass is 10.2. The summed E-state index contributed by atoms with van der Waals surface area (Å²) >= 11 is 0. The van der Waals surface area contributed by atoms with Crippen molar-refractivity contribution < 1.29 is 22.7 Å². The van der Waals surface area contributed by atoms with Gasteiger partial charge in [-0.3, -0.25) is 9.69 Å². The van der Waals surface area contributed by atoms with Crippen molar-refractivity contribution in [1.29, 1.82) is 0 Å². The van der Waals surface area contributed by atoms with E-state index < -0.39 is 16.1 Å². The van der Waals surface area contributed by atoms with Gasteiger partial charge in [-0.25, -0.2) is 17.9 Å². The summed E-state index contributed by atoms with van der Waals surface area (Å²) in [5, 5.41) is 2.36. The normalized spacial score (nSPS) is 15.1. The summed E-state index contributed by atoms with van der Waals surface area (Å²) in [4.78, 5) is 23.7. The highest BCUT2D eigenvalue weighted by Gasteiger charge is 2.28. The third-order valence-electron chi connectivity index (χ3n) is 3.17. The molecule has 0 atom stereocenters. The Kier molecular flexibility index (Phi) is 4.67. The molecule has 1 aromatic carbocycles. The van der Waals surface area contributed by atoms with E-state index in [2.05, 4.69) is 10.0 Å². The third-order valence-corrected chi connectivity index (χ3v) is 4.66. The Labute approximate surface area is 128 Å². The van der Waals surface area contributed by atoms with Crippen molar-refractivity contribution in [2.75, 3.05) is 26.7 Å². The zero-order valence-corrected chi connectivity index (χ0v) is 13.1. The van der Waals surface area contributed by atoms with Crippen LogP contribution < -0.4 is 14.8 Å². The molecule has 120 valence electrons. The van der Waals surface area contributed by atoms with Crippen LogP contribution >= 0.6 is 0 Å². The molecule has 22 heavy (non-hydrogen) atoms. The molecule has 0 bridgehead atoms. The molecule has 1 saturated heterocycles. The fourth-order valence-electron chi connectivity index (χ4n) is 2.05. The number of methoxy groups -OCH3 is 1. The molecule has 0 spiro atoms. The molecule has 0 unspecified atom stereocenters. The van der Waals surface area contributed by atoms with E-state index in [9.17, 15) is 18.0 Å². The molecule has 0 aromatic heterocycles. The number of amides is 3. The van der Waals surface area contributed by atoms with Gasteiger partial charge in [0, 0.05) is 13.1 Å². The number of ether oxygens (including phenoxy) is 1. The average Bonchev–Trinajstić information content (AvgIpc) is 2.79. The maximum atomic E-state index is 12.3. The van der Waals surface area contributed by atoms with Crippen LogP contribution in [0.15, 0.2) is 23.1 Å². The van der Waals surface area contributed by atoms with Gasteiger partial charge in [0.15, 0.2) is 0 Å². The third kappa shape index (κ3) is 3.37. The van der Waals surface area contributed by atoms with Gasteiger partial charge in [0.05, 0.1) is 13.7 Å². The van der Waals surface area contributed by atoms with Crippen molar-refractivity contribution in [3.63, 3.8) is 0 Å². The summed E-state index contributed by atoms with van der Waals surface area (Å²) in [6, 6.07) is 4.29. The van der Waals surface area contributed by atoms with Gasteiger partial charge in [-0.1, -0.05) is 6.07 Å². The monoisotopic (exact) mass is 327 g/mol. The lowest BCUT2D eigenvalue weighted by Gasteiger charge is -2.14. The number of hydrogen-bond donors (Lipinski definition) is 2. The van der Waals surface area contributed by atoms with Crippen molar-refractivity contribution >= 4 is 22.0 Å². The first-order valence-electron chi connectivity index (χ1n) is 6.57. The summed E-state index contributed by atoms with van der Waals surface area (Å²) in [7, 11) is -2.41. The Morgan fingerprint density at radius 1 is 1.36 bits per heavy atom. The lowest BCUT2D eigenvalue weighted by molar-refractivity contribution is -0.124. The largest absolute Gasteiger partial charge is 0.495 e. The number of carbonyl (C=O) groups is 2. The highest BCUT2D eigenvalue weighted by Crippen LogP contribution is 2.24. The standard InChI is InChI=1S/C13H17N3O5S/c1-9-3-4-10(21-2)11(7-9)22(19,20)15-5-6-16-12(17)8-14-13(16)18/h3-4,7,15H,5-6,8H2,1-2H3,(H,14,18). The predicted octanol–water partition coefficient (Wildman–Crippen LogP) is -0.166. The maximum Gasteiger partial charge on any atom is 0.324 e. The minimum Gasteiger partial charge on any atom is -0.495 e. The van der Waals surface area contributed by atoms with Crippen LogP contribution in [-0.2, 0) is 14.8 Å². The molecule has 1 aliphatic rings. The summed E-state index contributed by atoms with van der Waals surface area (Å²) in [5.74, 6) is -0.148. The first kappa shape index (κ1) is 16.2. The Morgan fingerprint density at radius 3 is 2.68 bits per heavy atom. The number of nitrogens with one attached hydrogen (secondary N) is 2. The van der Waals surface area contributed by atoms with Gasteiger partial charge in [-0.2, -0.15) is 0 Å². The van der Waals surface area contributed by atoms with Crippen LogP contribution in [0.25, 0.3) is 0 Å². The van der Waals surface area contributed by atoms with Crippen LogP contribution in [0.2, 0.25) is 0 Å². The second-order valence-corrected chi connectivity index (χ2v) is 6.49. The van der Waals surface area contributed by atoms with Gasteiger partial charge in [0.1, 0.15) is 10.6 Å². The van der Waals surface area contributed by atoms with Crippen molar-refractivity contribution in [3.8, 4) is 5.75 Å². The lowest BCUT2D eigenvalue weighted by Crippen LogP contribution is -2.38. The molecule has 2 N–H and O–H groups in total. The second-order valence-electron chi connectivity index (χ2n) is 4.76. The zero-order chi connectivity index (χ0) is 16.3. The molecular weight excluding hydrogens is 310 g/mol. The van der Waals surface area contributed by atoms with E-state index in [0.717, 1.165) is 10.5 Å². The smallest absolute Gasteiger partial charge is 0.324 e. The SMILES string of the molecule is COc1ccc(C)cc1S(=O)(=O)NCCN1C(=O)CNC1=O. The Bertz CT molecular complexity index is 686. The van der Waals surface area contributed by atoms with Crippen molar-refractivity contribution in [2.45, 2.75) is 11.8 Å². The summed E-state index contributed by atoms with van der Waals surface area (Å²) in [6.07, 6.45) is 0. The molecule has 1 aliphatic heterocycles. The van der Waals surface area contributed by atoms with Gasteiger partial charge < -0.3 is 10.1 Å². The van der Waals surface area contributed by atoms with E-state index in [1.807, 2.05) is 0 Å². The predicted molar refractivity (Wildman–Crippen MR) is 78.0 cm³/mol. The molecule has 8 nitrogen and oxygen atoms in total. The van der Waals surface area contributed by atoms with Gasteiger partial charge in [0.25, 0.3) is 0 Å². The molecular formula is C13H17N3O5S. The van der Waals surface area contributed by atoms with E-state index in [-0.39, 0.29) is 36.2 Å². The van der Waals surface area contributed by atoms with E-state index in [1.165, 1.54) is 13.2 Å². The van der Waals surface area contributed by atoms with E-state index in [1.54, 1.807) is 19.1 Å². The molecule has 9 heteroatoms. The fraction of sp³-hybridized carbons (Fsp3) is 0.385. The maximum absolute atomic E-state index is 12.3. The molecule has 0 aliphatic carbocycles. The van der Waals surface area contributed by atoms with Crippen molar-refractivity contribution in [2.24, 2.45) is 0 Å². The molecule has 1 heterocycles. The average molecular weight is 327 g/mol. The molecule has 1 aromatic rings. The Morgan fingerprint density at radius 2 is 2.09 bits per heavy atom. The number of hydrogen-bond acceptors (Lipinski definition) is 5. The zero-order valence-electron chi connectivity index (χ0n) is 12.3. The highest BCUT2D eigenvalue weighted by molar-refractivity contribution is 7.89. The summed E-state index contributed by atoms with van der Waals surface area (Å²) < 4.78 is 32.0. The second kappa shape index (κ2) is 6.32.